The predicted octanol–water partition coefficient (Wildman–Crippen LogP) is 4.77. The fraction of sp³-hybridized carbons (Fsp3) is 0.650. The highest BCUT2D eigenvalue weighted by atomic mass is 16.2. The summed E-state index contributed by atoms with van der Waals surface area (Å²) in [4.78, 5) is 14.6. The normalized spacial score (nSPS) is 20.5. The van der Waals surface area contributed by atoms with E-state index in [1.165, 1.54) is 44.2 Å². The van der Waals surface area contributed by atoms with E-state index in [9.17, 15) is 4.79 Å². The van der Waals surface area contributed by atoms with Crippen molar-refractivity contribution in [3.05, 3.63) is 24.3 Å². The number of nitrogens with zero attached hydrogens (tertiary/aromatic N) is 1. The third-order valence-corrected chi connectivity index (χ3v) is 5.46. The molecule has 1 aromatic carbocycles. The van der Waals surface area contributed by atoms with Crippen LogP contribution in [0.2, 0.25) is 0 Å². The second-order valence-electron chi connectivity index (χ2n) is 7.50. The van der Waals surface area contributed by atoms with Crippen molar-refractivity contribution in [3.8, 4) is 0 Å². The molecule has 2 N–H and O–H groups in total. The highest BCUT2D eigenvalue weighted by Crippen LogP contribution is 2.24. The second kappa shape index (κ2) is 8.41. The van der Waals surface area contributed by atoms with Crippen molar-refractivity contribution in [2.45, 2.75) is 64.3 Å². The van der Waals surface area contributed by atoms with Crippen LogP contribution in [0.25, 0.3) is 0 Å². The molecular formula is C20H31N3O. The Morgan fingerprint density at radius 3 is 2.21 bits per heavy atom. The van der Waals surface area contributed by atoms with Gasteiger partial charge in [0.2, 0.25) is 0 Å². The quantitative estimate of drug-likeness (QED) is 0.785. The Morgan fingerprint density at radius 1 is 0.958 bits per heavy atom. The van der Waals surface area contributed by atoms with Gasteiger partial charge in [0.15, 0.2) is 0 Å². The molecule has 0 unspecified atom stereocenters. The van der Waals surface area contributed by atoms with Gasteiger partial charge in [0, 0.05) is 30.5 Å². The van der Waals surface area contributed by atoms with Crippen molar-refractivity contribution in [1.29, 1.82) is 0 Å². The number of hydrogen-bond donors (Lipinski definition) is 2. The number of amides is 2. The van der Waals surface area contributed by atoms with Crippen molar-refractivity contribution in [1.82, 2.24) is 5.32 Å². The molecule has 2 aliphatic rings. The summed E-state index contributed by atoms with van der Waals surface area (Å²) in [6.07, 6.45) is 9.82. The van der Waals surface area contributed by atoms with Crippen LogP contribution < -0.4 is 15.5 Å². The van der Waals surface area contributed by atoms with Crippen LogP contribution >= 0.6 is 0 Å². The maximum atomic E-state index is 12.2. The van der Waals surface area contributed by atoms with Gasteiger partial charge in [0.1, 0.15) is 0 Å². The lowest BCUT2D eigenvalue weighted by molar-refractivity contribution is 0.247. The zero-order valence-electron chi connectivity index (χ0n) is 14.9. The summed E-state index contributed by atoms with van der Waals surface area (Å²) in [5.41, 5.74) is 2.13. The Morgan fingerprint density at radius 2 is 1.58 bits per heavy atom. The molecule has 0 aromatic heterocycles. The maximum absolute atomic E-state index is 12.2. The Kier molecular flexibility index (Phi) is 6.00. The molecule has 0 radical (unpaired) electrons. The standard InChI is InChI=1S/C20H31N3O/c1-16-12-14-23(15-13-16)19-10-8-18(9-11-19)22-20(24)21-17-6-4-2-3-5-7-17/h8-11,16-17H,2-7,12-15H2,1H3,(H2,21,22,24). The minimum Gasteiger partial charge on any atom is -0.372 e. The highest BCUT2D eigenvalue weighted by molar-refractivity contribution is 5.89. The van der Waals surface area contributed by atoms with Gasteiger partial charge in [-0.2, -0.15) is 0 Å². The van der Waals surface area contributed by atoms with Crippen molar-refractivity contribution >= 4 is 17.4 Å². The van der Waals surface area contributed by atoms with Gasteiger partial charge >= 0.3 is 6.03 Å². The number of anilines is 2. The van der Waals surface area contributed by atoms with E-state index in [-0.39, 0.29) is 6.03 Å². The molecule has 1 aliphatic carbocycles. The largest absolute Gasteiger partial charge is 0.372 e. The molecular weight excluding hydrogens is 298 g/mol. The first-order valence-electron chi connectivity index (χ1n) is 9.63. The van der Waals surface area contributed by atoms with Gasteiger partial charge in [-0.15, -0.1) is 0 Å². The van der Waals surface area contributed by atoms with Crippen molar-refractivity contribution < 1.29 is 4.79 Å². The highest BCUT2D eigenvalue weighted by Gasteiger charge is 2.17. The van der Waals surface area contributed by atoms with Gasteiger partial charge in [0.05, 0.1) is 0 Å². The number of nitrogens with one attached hydrogen (secondary N) is 2. The lowest BCUT2D eigenvalue weighted by Crippen LogP contribution is -2.37. The van der Waals surface area contributed by atoms with Crippen LogP contribution in [0.15, 0.2) is 24.3 Å². The van der Waals surface area contributed by atoms with Crippen LogP contribution in [0.5, 0.6) is 0 Å². The third-order valence-electron chi connectivity index (χ3n) is 5.46. The fourth-order valence-electron chi connectivity index (χ4n) is 3.80. The molecule has 2 amide bonds. The molecule has 0 atom stereocenters. The number of hydrogen-bond acceptors (Lipinski definition) is 2. The number of rotatable bonds is 3. The van der Waals surface area contributed by atoms with E-state index in [2.05, 4.69) is 34.6 Å². The SMILES string of the molecule is CC1CCN(c2ccc(NC(=O)NC3CCCCCC3)cc2)CC1. The molecule has 1 saturated carbocycles. The van der Waals surface area contributed by atoms with E-state index in [4.69, 9.17) is 0 Å². The summed E-state index contributed by atoms with van der Waals surface area (Å²) in [5, 5.41) is 6.11. The molecule has 4 nitrogen and oxygen atoms in total. The maximum Gasteiger partial charge on any atom is 0.319 e. The summed E-state index contributed by atoms with van der Waals surface area (Å²) >= 11 is 0. The van der Waals surface area contributed by atoms with E-state index < -0.39 is 0 Å². The van der Waals surface area contributed by atoms with Crippen molar-refractivity contribution in [3.63, 3.8) is 0 Å². The van der Waals surface area contributed by atoms with E-state index in [1.54, 1.807) is 0 Å². The van der Waals surface area contributed by atoms with Gasteiger partial charge in [0.25, 0.3) is 0 Å². The lowest BCUT2D eigenvalue weighted by Gasteiger charge is -2.32. The number of piperidine rings is 1. The van der Waals surface area contributed by atoms with Gasteiger partial charge in [-0.1, -0.05) is 32.6 Å². The molecule has 2 fully saturated rings. The first-order chi connectivity index (χ1) is 11.7. The van der Waals surface area contributed by atoms with Crippen LogP contribution in [0, 0.1) is 5.92 Å². The summed E-state index contributed by atoms with van der Waals surface area (Å²) in [6, 6.07) is 8.54. The van der Waals surface area contributed by atoms with E-state index in [0.29, 0.717) is 6.04 Å². The topological polar surface area (TPSA) is 44.4 Å². The Hall–Kier alpha value is -1.71. The minimum absolute atomic E-state index is 0.0681. The summed E-state index contributed by atoms with van der Waals surface area (Å²) < 4.78 is 0. The number of carbonyl (C=O) groups is 1. The van der Waals surface area contributed by atoms with Crippen LogP contribution in [0.4, 0.5) is 16.2 Å². The average Bonchev–Trinajstić information content (AvgIpc) is 2.85. The average molecular weight is 329 g/mol. The van der Waals surface area contributed by atoms with Crippen molar-refractivity contribution in [2.24, 2.45) is 5.92 Å². The minimum atomic E-state index is -0.0681. The molecule has 3 rings (SSSR count). The number of carbonyl (C=O) groups excluding carboxylic acids is 1. The zero-order chi connectivity index (χ0) is 16.8. The molecule has 1 saturated heterocycles. The van der Waals surface area contributed by atoms with Crippen molar-refractivity contribution in [2.75, 3.05) is 23.3 Å². The first kappa shape index (κ1) is 17.1. The van der Waals surface area contributed by atoms with Crippen LogP contribution in [0.1, 0.15) is 58.3 Å². The molecule has 24 heavy (non-hydrogen) atoms. The summed E-state index contributed by atoms with van der Waals surface area (Å²) in [5.74, 6) is 0.842. The molecule has 1 aromatic rings. The molecule has 1 heterocycles. The van der Waals surface area contributed by atoms with E-state index >= 15 is 0 Å². The predicted molar refractivity (Wildman–Crippen MR) is 101 cm³/mol. The van der Waals surface area contributed by atoms with Gasteiger partial charge in [-0.05, 0) is 55.9 Å². The Balaban J connectivity index is 1.49. The molecule has 0 bridgehead atoms. The molecule has 4 heteroatoms. The Bertz CT molecular complexity index is 512. The lowest BCUT2D eigenvalue weighted by atomic mass is 9.99. The van der Waals surface area contributed by atoms with Gasteiger partial charge < -0.3 is 15.5 Å². The monoisotopic (exact) mass is 329 g/mol. The van der Waals surface area contributed by atoms with E-state index in [1.807, 2.05) is 12.1 Å². The molecule has 132 valence electrons. The fourth-order valence-corrected chi connectivity index (χ4v) is 3.80. The van der Waals surface area contributed by atoms with E-state index in [0.717, 1.165) is 37.5 Å². The summed E-state index contributed by atoms with van der Waals surface area (Å²) in [7, 11) is 0. The van der Waals surface area contributed by atoms with Crippen LogP contribution in [-0.2, 0) is 0 Å². The summed E-state index contributed by atoms with van der Waals surface area (Å²) in [6.45, 7) is 4.60. The second-order valence-corrected chi connectivity index (χ2v) is 7.50. The third kappa shape index (κ3) is 4.89. The van der Waals surface area contributed by atoms with Gasteiger partial charge in [-0.25, -0.2) is 4.79 Å². The van der Waals surface area contributed by atoms with Crippen LogP contribution in [0.3, 0.4) is 0 Å². The number of benzene rings is 1. The zero-order valence-corrected chi connectivity index (χ0v) is 14.9. The van der Waals surface area contributed by atoms with Gasteiger partial charge in [-0.3, -0.25) is 0 Å². The smallest absolute Gasteiger partial charge is 0.319 e. The molecule has 1 aliphatic heterocycles. The van der Waals surface area contributed by atoms with Crippen LogP contribution in [-0.4, -0.2) is 25.2 Å². The first-order valence-corrected chi connectivity index (χ1v) is 9.63. The Labute approximate surface area is 146 Å². The number of urea groups is 1. The molecule has 0 spiro atoms.